The van der Waals surface area contributed by atoms with Gasteiger partial charge in [0.1, 0.15) is 0 Å². The molecular weight excluding hydrogens is 290 g/mol. The van der Waals surface area contributed by atoms with E-state index in [0.29, 0.717) is 22.0 Å². The molecule has 2 aromatic rings. The van der Waals surface area contributed by atoms with Crippen LogP contribution < -0.4 is 0 Å². The lowest BCUT2D eigenvalue weighted by molar-refractivity contribution is -0.138. The number of rotatable bonds is 4. The van der Waals surface area contributed by atoms with E-state index in [2.05, 4.69) is 0 Å². The number of carbonyl (C=O) groups is 2. The number of halogens is 1. The molecule has 1 heterocycles. The Morgan fingerprint density at radius 1 is 1.29 bits per heavy atom. The van der Waals surface area contributed by atoms with Crippen LogP contribution in [-0.4, -0.2) is 21.4 Å². The van der Waals surface area contributed by atoms with E-state index in [4.69, 9.17) is 16.7 Å². The summed E-state index contributed by atoms with van der Waals surface area (Å²) < 4.78 is 1.65. The first-order chi connectivity index (χ1) is 9.82. The van der Waals surface area contributed by atoms with Gasteiger partial charge in [0.05, 0.1) is 11.6 Å². The molecule has 1 aromatic carbocycles. The molecule has 0 saturated heterocycles. The van der Waals surface area contributed by atoms with Crippen LogP contribution in [0.4, 0.5) is 0 Å². The molecule has 1 atom stereocenters. The SMILES string of the molecule is Cc1cc(C(C)C(=O)O)n(C)c1C(=O)c1cccc(Cl)c1. The third-order valence-corrected chi connectivity index (χ3v) is 3.81. The zero-order chi connectivity index (χ0) is 15.7. The van der Waals surface area contributed by atoms with Crippen molar-refractivity contribution in [3.63, 3.8) is 0 Å². The molecule has 0 aliphatic carbocycles. The molecule has 110 valence electrons. The Hall–Kier alpha value is -2.07. The largest absolute Gasteiger partial charge is 0.481 e. The fourth-order valence-corrected chi connectivity index (χ4v) is 2.61. The maximum absolute atomic E-state index is 12.6. The number of aryl methyl sites for hydroxylation is 1. The van der Waals surface area contributed by atoms with E-state index >= 15 is 0 Å². The molecule has 0 saturated carbocycles. The molecule has 0 aliphatic heterocycles. The third-order valence-electron chi connectivity index (χ3n) is 3.58. The first-order valence-electron chi connectivity index (χ1n) is 6.52. The molecule has 1 aromatic heterocycles. The topological polar surface area (TPSA) is 59.3 Å². The van der Waals surface area contributed by atoms with Crippen molar-refractivity contribution < 1.29 is 14.7 Å². The fourth-order valence-electron chi connectivity index (χ4n) is 2.42. The Labute approximate surface area is 128 Å². The fraction of sp³-hybridized carbons (Fsp3) is 0.250. The maximum Gasteiger partial charge on any atom is 0.312 e. The Morgan fingerprint density at radius 2 is 1.95 bits per heavy atom. The Kier molecular flexibility index (Phi) is 4.19. The minimum Gasteiger partial charge on any atom is -0.481 e. The van der Waals surface area contributed by atoms with E-state index in [-0.39, 0.29) is 5.78 Å². The molecule has 0 aliphatic rings. The van der Waals surface area contributed by atoms with Crippen LogP contribution in [0.15, 0.2) is 30.3 Å². The van der Waals surface area contributed by atoms with E-state index < -0.39 is 11.9 Å². The second-order valence-corrected chi connectivity index (χ2v) is 5.50. The standard InChI is InChI=1S/C16H16ClNO3/c1-9-7-13(10(2)16(20)21)18(3)14(9)15(19)11-5-4-6-12(17)8-11/h4-8,10H,1-3H3,(H,20,21). The lowest BCUT2D eigenvalue weighted by Crippen LogP contribution is -2.15. The highest BCUT2D eigenvalue weighted by atomic mass is 35.5. The second kappa shape index (κ2) is 5.74. The van der Waals surface area contributed by atoms with Crippen LogP contribution in [0, 0.1) is 6.92 Å². The third kappa shape index (κ3) is 2.85. The van der Waals surface area contributed by atoms with Crippen molar-refractivity contribution >= 4 is 23.4 Å². The molecule has 1 unspecified atom stereocenters. The summed E-state index contributed by atoms with van der Waals surface area (Å²) in [5, 5.41) is 9.63. The monoisotopic (exact) mass is 305 g/mol. The number of carbonyl (C=O) groups excluding carboxylic acids is 1. The van der Waals surface area contributed by atoms with Crippen molar-refractivity contribution in [2.24, 2.45) is 7.05 Å². The van der Waals surface area contributed by atoms with Gasteiger partial charge in [-0.25, -0.2) is 0 Å². The van der Waals surface area contributed by atoms with Crippen LogP contribution in [0.2, 0.25) is 5.02 Å². The highest BCUT2D eigenvalue weighted by molar-refractivity contribution is 6.31. The zero-order valence-electron chi connectivity index (χ0n) is 12.1. The van der Waals surface area contributed by atoms with Crippen LogP contribution in [-0.2, 0) is 11.8 Å². The van der Waals surface area contributed by atoms with Crippen molar-refractivity contribution in [1.29, 1.82) is 0 Å². The quantitative estimate of drug-likeness (QED) is 0.881. The minimum absolute atomic E-state index is 0.165. The average Bonchev–Trinajstić information content (AvgIpc) is 2.72. The minimum atomic E-state index is -0.919. The van der Waals surface area contributed by atoms with E-state index in [9.17, 15) is 9.59 Å². The smallest absolute Gasteiger partial charge is 0.312 e. The number of aromatic nitrogens is 1. The lowest BCUT2D eigenvalue weighted by Gasteiger charge is -2.10. The van der Waals surface area contributed by atoms with Gasteiger partial charge in [-0.3, -0.25) is 9.59 Å². The van der Waals surface area contributed by atoms with Gasteiger partial charge in [-0.05, 0) is 37.6 Å². The molecule has 0 spiro atoms. The number of carboxylic acids is 1. The predicted octanol–water partition coefficient (Wildman–Crippen LogP) is 3.41. The summed E-state index contributed by atoms with van der Waals surface area (Å²) >= 11 is 5.92. The number of benzene rings is 1. The number of aliphatic carboxylic acids is 1. The molecule has 4 nitrogen and oxygen atoms in total. The molecular formula is C16H16ClNO3. The highest BCUT2D eigenvalue weighted by Gasteiger charge is 2.24. The van der Waals surface area contributed by atoms with Gasteiger partial charge in [-0.2, -0.15) is 0 Å². The summed E-state index contributed by atoms with van der Waals surface area (Å²) in [6, 6.07) is 8.47. The normalized spacial score (nSPS) is 12.2. The molecule has 0 radical (unpaired) electrons. The Bertz CT molecular complexity index is 718. The molecule has 0 bridgehead atoms. The van der Waals surface area contributed by atoms with Crippen molar-refractivity contribution in [2.45, 2.75) is 19.8 Å². The van der Waals surface area contributed by atoms with Crippen molar-refractivity contribution in [3.05, 3.63) is 57.9 Å². The summed E-state index contributed by atoms with van der Waals surface area (Å²) in [5.41, 5.74) is 2.33. The van der Waals surface area contributed by atoms with Gasteiger partial charge < -0.3 is 9.67 Å². The molecule has 21 heavy (non-hydrogen) atoms. The maximum atomic E-state index is 12.6. The van der Waals surface area contributed by atoms with E-state index in [1.54, 1.807) is 55.8 Å². The summed E-state index contributed by atoms with van der Waals surface area (Å²) in [6.45, 7) is 3.40. The molecule has 1 N–H and O–H groups in total. The second-order valence-electron chi connectivity index (χ2n) is 5.06. The molecule has 2 rings (SSSR count). The highest BCUT2D eigenvalue weighted by Crippen LogP contribution is 2.24. The number of hydrogen-bond acceptors (Lipinski definition) is 2. The van der Waals surface area contributed by atoms with Crippen LogP contribution >= 0.6 is 11.6 Å². The summed E-state index contributed by atoms with van der Waals surface area (Å²) in [5.74, 6) is -1.76. The lowest BCUT2D eigenvalue weighted by atomic mass is 10.1. The van der Waals surface area contributed by atoms with Crippen LogP contribution in [0.1, 0.15) is 40.2 Å². The van der Waals surface area contributed by atoms with E-state index in [0.717, 1.165) is 5.56 Å². The molecule has 0 amide bonds. The number of hydrogen-bond donors (Lipinski definition) is 1. The summed E-state index contributed by atoms with van der Waals surface area (Å²) in [7, 11) is 1.71. The average molecular weight is 306 g/mol. The van der Waals surface area contributed by atoms with Gasteiger partial charge in [-0.15, -0.1) is 0 Å². The van der Waals surface area contributed by atoms with Gasteiger partial charge >= 0.3 is 5.97 Å². The molecule has 5 heteroatoms. The van der Waals surface area contributed by atoms with Crippen LogP contribution in [0.25, 0.3) is 0 Å². The van der Waals surface area contributed by atoms with Gasteiger partial charge in [-0.1, -0.05) is 23.7 Å². The summed E-state index contributed by atoms with van der Waals surface area (Å²) in [6.07, 6.45) is 0. The van der Waals surface area contributed by atoms with Crippen molar-refractivity contribution in [1.82, 2.24) is 4.57 Å². The van der Waals surface area contributed by atoms with Crippen LogP contribution in [0.5, 0.6) is 0 Å². The van der Waals surface area contributed by atoms with E-state index in [1.807, 2.05) is 0 Å². The zero-order valence-corrected chi connectivity index (χ0v) is 12.8. The Morgan fingerprint density at radius 3 is 2.52 bits per heavy atom. The predicted molar refractivity (Wildman–Crippen MR) is 81.1 cm³/mol. The van der Waals surface area contributed by atoms with Crippen LogP contribution in [0.3, 0.4) is 0 Å². The van der Waals surface area contributed by atoms with Gasteiger partial charge in [0, 0.05) is 23.3 Å². The van der Waals surface area contributed by atoms with Gasteiger partial charge in [0.15, 0.2) is 0 Å². The first kappa shape index (κ1) is 15.3. The first-order valence-corrected chi connectivity index (χ1v) is 6.90. The van der Waals surface area contributed by atoms with E-state index in [1.165, 1.54) is 0 Å². The van der Waals surface area contributed by atoms with Gasteiger partial charge in [0.2, 0.25) is 5.78 Å². The van der Waals surface area contributed by atoms with Crippen molar-refractivity contribution in [2.75, 3.05) is 0 Å². The van der Waals surface area contributed by atoms with Crippen molar-refractivity contribution in [3.8, 4) is 0 Å². The number of nitrogens with zero attached hydrogens (tertiary/aromatic N) is 1. The summed E-state index contributed by atoms with van der Waals surface area (Å²) in [4.78, 5) is 23.8. The number of carboxylic acid groups (broad SMARTS) is 1. The van der Waals surface area contributed by atoms with Gasteiger partial charge in [0.25, 0.3) is 0 Å². The molecule has 0 fully saturated rings. The Balaban J connectivity index is 2.50. The number of ketones is 1.